The van der Waals surface area contributed by atoms with E-state index in [1.54, 1.807) is 12.3 Å². The average Bonchev–Trinajstić information content (AvgIpc) is 2.48. The van der Waals surface area contributed by atoms with Crippen LogP contribution in [0.4, 0.5) is 4.39 Å². The van der Waals surface area contributed by atoms with Crippen LogP contribution < -0.4 is 5.73 Å². The Morgan fingerprint density at radius 1 is 1.46 bits per heavy atom. The van der Waals surface area contributed by atoms with Gasteiger partial charge in [0.25, 0.3) is 0 Å². The van der Waals surface area contributed by atoms with Crippen molar-refractivity contribution in [1.82, 2.24) is 0 Å². The maximum Gasteiger partial charge on any atom is 0.141 e. The van der Waals surface area contributed by atoms with Gasteiger partial charge < -0.3 is 10.2 Å². The number of rotatable bonds is 1. The molecule has 0 spiro atoms. The van der Waals surface area contributed by atoms with E-state index in [2.05, 4.69) is 15.9 Å². The molecule has 4 heteroatoms. The quantitative estimate of drug-likeness (QED) is 0.837. The highest BCUT2D eigenvalue weighted by Gasteiger charge is 2.08. The van der Waals surface area contributed by atoms with Gasteiger partial charge in [0.1, 0.15) is 11.4 Å². The molecule has 0 saturated carbocycles. The van der Waals surface area contributed by atoms with E-state index in [0.29, 0.717) is 16.6 Å². The minimum absolute atomic E-state index is 0.328. The number of halogens is 2. The third kappa shape index (κ3) is 1.36. The molecule has 0 radical (unpaired) electrons. The van der Waals surface area contributed by atoms with Crippen molar-refractivity contribution in [2.45, 2.75) is 6.54 Å². The van der Waals surface area contributed by atoms with E-state index in [9.17, 15) is 4.39 Å². The summed E-state index contributed by atoms with van der Waals surface area (Å²) in [5.41, 5.74) is 6.89. The minimum atomic E-state index is -0.328. The Kier molecular flexibility index (Phi) is 2.09. The van der Waals surface area contributed by atoms with Gasteiger partial charge in [0.2, 0.25) is 0 Å². The molecular weight excluding hydrogens is 237 g/mol. The largest absolute Gasteiger partial charge is 0.464 e. The van der Waals surface area contributed by atoms with Gasteiger partial charge in [0.15, 0.2) is 0 Å². The summed E-state index contributed by atoms with van der Waals surface area (Å²) < 4.78 is 18.6. The summed E-state index contributed by atoms with van der Waals surface area (Å²) >= 11 is 3.11. The Labute approximate surface area is 82.6 Å². The summed E-state index contributed by atoms with van der Waals surface area (Å²) in [5.74, 6) is -0.328. The minimum Gasteiger partial charge on any atom is -0.464 e. The second-order valence-corrected chi connectivity index (χ2v) is 3.58. The zero-order valence-electron chi connectivity index (χ0n) is 6.68. The van der Waals surface area contributed by atoms with Crippen molar-refractivity contribution < 1.29 is 8.81 Å². The maximum absolute atomic E-state index is 13.0. The van der Waals surface area contributed by atoms with E-state index in [1.807, 2.05) is 0 Å². The molecule has 0 bridgehead atoms. The number of nitrogens with two attached hydrogens (primary N) is 1. The highest BCUT2D eigenvalue weighted by Crippen LogP contribution is 2.26. The Morgan fingerprint density at radius 2 is 2.23 bits per heavy atom. The highest BCUT2D eigenvalue weighted by molar-refractivity contribution is 9.10. The molecule has 0 saturated heterocycles. The summed E-state index contributed by atoms with van der Waals surface area (Å²) in [6.45, 7) is 0.394. The van der Waals surface area contributed by atoms with Gasteiger partial charge >= 0.3 is 0 Å². The molecule has 1 aromatic heterocycles. The van der Waals surface area contributed by atoms with Gasteiger partial charge in [0.05, 0.1) is 10.7 Å². The fourth-order valence-corrected chi connectivity index (χ4v) is 1.58. The molecule has 0 amide bonds. The van der Waals surface area contributed by atoms with Crippen molar-refractivity contribution in [3.63, 3.8) is 0 Å². The van der Waals surface area contributed by atoms with Crippen LogP contribution in [0.1, 0.15) is 5.56 Å². The summed E-state index contributed by atoms with van der Waals surface area (Å²) in [6.07, 6.45) is 1.55. The molecule has 2 aromatic rings. The van der Waals surface area contributed by atoms with Crippen LogP contribution in [0.5, 0.6) is 0 Å². The van der Waals surface area contributed by atoms with Crippen LogP contribution in [0.2, 0.25) is 0 Å². The van der Waals surface area contributed by atoms with E-state index in [1.165, 1.54) is 6.07 Å². The lowest BCUT2D eigenvalue weighted by molar-refractivity contribution is 0.593. The van der Waals surface area contributed by atoms with Crippen molar-refractivity contribution in [2.24, 2.45) is 5.73 Å². The molecule has 2 nitrogen and oxygen atoms in total. The van der Waals surface area contributed by atoms with Gasteiger partial charge in [-0.1, -0.05) is 0 Å². The standard InChI is InChI=1S/C9H7BrFNO/c10-7-1-6-5(3-12)4-13-9(6)2-8(7)11/h1-2,4H,3,12H2. The van der Waals surface area contributed by atoms with E-state index in [0.717, 1.165) is 10.9 Å². The lowest BCUT2D eigenvalue weighted by Crippen LogP contribution is -1.94. The van der Waals surface area contributed by atoms with E-state index >= 15 is 0 Å². The zero-order chi connectivity index (χ0) is 9.42. The van der Waals surface area contributed by atoms with Gasteiger partial charge in [-0.3, -0.25) is 0 Å². The number of hydrogen-bond acceptors (Lipinski definition) is 2. The van der Waals surface area contributed by atoms with Crippen molar-refractivity contribution >= 4 is 26.9 Å². The van der Waals surface area contributed by atoms with Crippen LogP contribution in [-0.4, -0.2) is 0 Å². The summed E-state index contributed by atoms with van der Waals surface area (Å²) in [7, 11) is 0. The second kappa shape index (κ2) is 3.12. The SMILES string of the molecule is NCc1coc2cc(F)c(Br)cc12. The Bertz CT molecular complexity index is 452. The molecule has 2 N–H and O–H groups in total. The lowest BCUT2D eigenvalue weighted by Gasteiger charge is -1.95. The summed E-state index contributed by atoms with van der Waals surface area (Å²) in [6, 6.07) is 3.02. The number of fused-ring (bicyclic) bond motifs is 1. The molecule has 0 fully saturated rings. The molecule has 13 heavy (non-hydrogen) atoms. The molecule has 0 aliphatic heterocycles. The molecule has 0 aliphatic rings. The fourth-order valence-electron chi connectivity index (χ4n) is 1.23. The molecule has 0 atom stereocenters. The molecule has 2 rings (SSSR count). The number of hydrogen-bond donors (Lipinski definition) is 1. The molecule has 68 valence electrons. The Hall–Kier alpha value is -0.870. The molecule has 0 unspecified atom stereocenters. The maximum atomic E-state index is 13.0. The zero-order valence-corrected chi connectivity index (χ0v) is 8.27. The monoisotopic (exact) mass is 243 g/mol. The predicted molar refractivity (Wildman–Crippen MR) is 51.8 cm³/mol. The van der Waals surface area contributed by atoms with Crippen LogP contribution in [0, 0.1) is 5.82 Å². The van der Waals surface area contributed by atoms with E-state index in [4.69, 9.17) is 10.2 Å². The first-order valence-electron chi connectivity index (χ1n) is 3.77. The van der Waals surface area contributed by atoms with Crippen LogP contribution in [-0.2, 0) is 6.54 Å². The fraction of sp³-hybridized carbons (Fsp3) is 0.111. The third-order valence-corrected chi connectivity index (χ3v) is 2.52. The summed E-state index contributed by atoms with van der Waals surface area (Å²) in [4.78, 5) is 0. The van der Waals surface area contributed by atoms with Crippen LogP contribution >= 0.6 is 15.9 Å². The first kappa shape index (κ1) is 8.72. The van der Waals surface area contributed by atoms with E-state index < -0.39 is 0 Å². The van der Waals surface area contributed by atoms with Gasteiger partial charge in [0, 0.05) is 23.6 Å². The van der Waals surface area contributed by atoms with Gasteiger partial charge in [-0.2, -0.15) is 0 Å². The number of benzene rings is 1. The molecule has 0 aliphatic carbocycles. The van der Waals surface area contributed by atoms with Gasteiger partial charge in [-0.25, -0.2) is 4.39 Å². The van der Waals surface area contributed by atoms with Gasteiger partial charge in [-0.15, -0.1) is 0 Å². The average molecular weight is 244 g/mol. The molecule has 1 heterocycles. The number of furan rings is 1. The van der Waals surface area contributed by atoms with Crippen LogP contribution in [0.3, 0.4) is 0 Å². The lowest BCUT2D eigenvalue weighted by atomic mass is 10.2. The Balaban J connectivity index is 2.77. The molecular formula is C9H7BrFNO. The van der Waals surface area contributed by atoms with Crippen LogP contribution in [0.15, 0.2) is 27.3 Å². The molecule has 1 aromatic carbocycles. The van der Waals surface area contributed by atoms with Crippen molar-refractivity contribution in [3.8, 4) is 0 Å². The topological polar surface area (TPSA) is 39.2 Å². The highest BCUT2D eigenvalue weighted by atomic mass is 79.9. The normalized spacial score (nSPS) is 11.0. The first-order chi connectivity index (χ1) is 6.22. The third-order valence-electron chi connectivity index (χ3n) is 1.92. The summed E-state index contributed by atoms with van der Waals surface area (Å²) in [5, 5.41) is 0.857. The van der Waals surface area contributed by atoms with Crippen LogP contribution in [0.25, 0.3) is 11.0 Å². The predicted octanol–water partition coefficient (Wildman–Crippen LogP) is 2.79. The first-order valence-corrected chi connectivity index (χ1v) is 4.57. The van der Waals surface area contributed by atoms with Gasteiger partial charge in [-0.05, 0) is 22.0 Å². The van der Waals surface area contributed by atoms with Crippen molar-refractivity contribution in [3.05, 3.63) is 34.2 Å². The smallest absolute Gasteiger partial charge is 0.141 e. The van der Waals surface area contributed by atoms with Crippen molar-refractivity contribution in [1.29, 1.82) is 0 Å². The van der Waals surface area contributed by atoms with Crippen molar-refractivity contribution in [2.75, 3.05) is 0 Å². The Morgan fingerprint density at radius 3 is 2.92 bits per heavy atom. The van der Waals surface area contributed by atoms with E-state index in [-0.39, 0.29) is 5.82 Å². The second-order valence-electron chi connectivity index (χ2n) is 2.73.